The van der Waals surface area contributed by atoms with Crippen LogP contribution < -0.4 is 0 Å². The van der Waals surface area contributed by atoms with Crippen LogP contribution in [0.2, 0.25) is 0 Å². The van der Waals surface area contributed by atoms with Crippen molar-refractivity contribution in [2.75, 3.05) is 0 Å². The predicted octanol–water partition coefficient (Wildman–Crippen LogP) is 6.57. The van der Waals surface area contributed by atoms with Crippen molar-refractivity contribution in [1.29, 1.82) is 0 Å². The molecule has 0 N–H and O–H groups in total. The highest BCUT2D eigenvalue weighted by molar-refractivity contribution is 5.92. The summed E-state index contributed by atoms with van der Waals surface area (Å²) in [5, 5.41) is 0. The summed E-state index contributed by atoms with van der Waals surface area (Å²) in [5.74, 6) is 0.501. The molecule has 0 aliphatic heterocycles. The minimum Gasteiger partial charge on any atom is -0.257 e. The van der Waals surface area contributed by atoms with Crippen LogP contribution in [0.1, 0.15) is 61.7 Å². The maximum absolute atomic E-state index is 5.12. The lowest BCUT2D eigenvalue weighted by atomic mass is 9.84. The zero-order valence-electron chi connectivity index (χ0n) is 16.3. The number of hydrogen-bond acceptors (Lipinski definition) is 1. The Morgan fingerprint density at radius 2 is 1.54 bits per heavy atom. The molecular weight excluding hydrogens is 314 g/mol. The number of aromatic nitrogens is 1. The lowest BCUT2D eigenvalue weighted by Gasteiger charge is -2.21. The summed E-state index contributed by atoms with van der Waals surface area (Å²) in [5.41, 5.74) is 12.4. The van der Waals surface area contributed by atoms with Crippen LogP contribution >= 0.6 is 0 Å². The molecule has 1 heteroatoms. The van der Waals surface area contributed by atoms with E-state index in [1.165, 1.54) is 50.3 Å². The molecule has 2 aromatic carbocycles. The first-order valence-electron chi connectivity index (χ1n) is 9.87. The van der Waals surface area contributed by atoms with Crippen molar-refractivity contribution >= 4 is 0 Å². The van der Waals surface area contributed by atoms with E-state index in [0.29, 0.717) is 5.92 Å². The number of hydrogen-bond donors (Lipinski definition) is 0. The Hall–Kier alpha value is -2.41. The zero-order chi connectivity index (χ0) is 18.3. The number of fused-ring (bicyclic) bond motifs is 3. The fourth-order valence-corrected chi connectivity index (χ4v) is 4.44. The third kappa shape index (κ3) is 2.58. The molecule has 26 heavy (non-hydrogen) atoms. The van der Waals surface area contributed by atoms with E-state index in [-0.39, 0.29) is 0 Å². The Kier molecular flexibility index (Phi) is 4.40. The third-order valence-corrected chi connectivity index (χ3v) is 5.64. The molecule has 0 spiro atoms. The van der Waals surface area contributed by atoms with E-state index < -0.39 is 0 Å². The van der Waals surface area contributed by atoms with Crippen LogP contribution in [0.5, 0.6) is 0 Å². The van der Waals surface area contributed by atoms with Gasteiger partial charge in [-0.25, -0.2) is 0 Å². The average molecular weight is 341 g/mol. The predicted molar refractivity (Wildman–Crippen MR) is 111 cm³/mol. The summed E-state index contributed by atoms with van der Waals surface area (Å²) < 4.78 is 0. The molecule has 0 fully saturated rings. The molecule has 0 atom stereocenters. The van der Waals surface area contributed by atoms with Crippen molar-refractivity contribution in [3.63, 3.8) is 0 Å². The van der Waals surface area contributed by atoms with Crippen LogP contribution in [0.15, 0.2) is 48.5 Å². The maximum Gasteiger partial charge on any atom is 0.0535 e. The number of rotatable bonds is 4. The largest absolute Gasteiger partial charge is 0.257 e. The first-order chi connectivity index (χ1) is 12.7. The van der Waals surface area contributed by atoms with E-state index in [9.17, 15) is 0 Å². The SMILES string of the molecule is CCc1nc2c(c(-c3ccccc3C(C)C)c1CC)-c1ccccc1C2. The second-order valence-corrected chi connectivity index (χ2v) is 7.52. The summed E-state index contributed by atoms with van der Waals surface area (Å²) in [6.45, 7) is 9.08. The van der Waals surface area contributed by atoms with Crippen molar-refractivity contribution in [2.45, 2.75) is 52.9 Å². The van der Waals surface area contributed by atoms with E-state index in [4.69, 9.17) is 4.98 Å². The van der Waals surface area contributed by atoms with E-state index in [1.54, 1.807) is 0 Å². The fraction of sp³-hybridized carbons (Fsp3) is 0.320. The molecular formula is C25H27N. The molecule has 0 amide bonds. The van der Waals surface area contributed by atoms with Gasteiger partial charge in [0.15, 0.2) is 0 Å². The van der Waals surface area contributed by atoms with Gasteiger partial charge in [-0.3, -0.25) is 4.98 Å². The Morgan fingerprint density at radius 1 is 0.846 bits per heavy atom. The minimum absolute atomic E-state index is 0.501. The summed E-state index contributed by atoms with van der Waals surface area (Å²) in [7, 11) is 0. The minimum atomic E-state index is 0.501. The molecule has 1 nitrogen and oxygen atoms in total. The van der Waals surface area contributed by atoms with Gasteiger partial charge in [0, 0.05) is 17.7 Å². The maximum atomic E-state index is 5.12. The lowest BCUT2D eigenvalue weighted by molar-refractivity contribution is 0.867. The standard InChI is InChI=1S/C25H27N/c1-5-18-22(6-2)26-23-15-17-11-7-8-13-20(17)25(23)24(18)21-14-10-9-12-19(21)16(3)4/h7-14,16H,5-6,15H2,1-4H3. The van der Waals surface area contributed by atoms with Crippen LogP contribution in [0, 0.1) is 0 Å². The summed E-state index contributed by atoms with van der Waals surface area (Å²) >= 11 is 0. The number of pyridine rings is 1. The Bertz CT molecular complexity index is 966. The van der Waals surface area contributed by atoms with Crippen LogP contribution in [0.25, 0.3) is 22.3 Å². The van der Waals surface area contributed by atoms with Gasteiger partial charge in [-0.2, -0.15) is 0 Å². The Labute approximate surface area is 157 Å². The first-order valence-corrected chi connectivity index (χ1v) is 9.87. The molecule has 3 aromatic rings. The van der Waals surface area contributed by atoms with Gasteiger partial charge in [-0.1, -0.05) is 76.2 Å². The van der Waals surface area contributed by atoms with Crippen LogP contribution in [0.4, 0.5) is 0 Å². The second kappa shape index (κ2) is 6.72. The fourth-order valence-electron chi connectivity index (χ4n) is 4.44. The highest BCUT2D eigenvalue weighted by Gasteiger charge is 2.27. The highest BCUT2D eigenvalue weighted by Crippen LogP contribution is 2.46. The van der Waals surface area contributed by atoms with Gasteiger partial charge in [0.2, 0.25) is 0 Å². The topological polar surface area (TPSA) is 12.9 Å². The molecule has 0 radical (unpaired) electrons. The summed E-state index contributed by atoms with van der Waals surface area (Å²) in [6, 6.07) is 17.8. The van der Waals surface area contributed by atoms with Gasteiger partial charge in [0.25, 0.3) is 0 Å². The molecule has 1 aromatic heterocycles. The van der Waals surface area contributed by atoms with Gasteiger partial charge in [-0.15, -0.1) is 0 Å². The van der Waals surface area contributed by atoms with E-state index >= 15 is 0 Å². The smallest absolute Gasteiger partial charge is 0.0535 e. The van der Waals surface area contributed by atoms with E-state index in [0.717, 1.165) is 19.3 Å². The van der Waals surface area contributed by atoms with Crippen LogP contribution in [0.3, 0.4) is 0 Å². The number of nitrogens with zero attached hydrogens (tertiary/aromatic N) is 1. The third-order valence-electron chi connectivity index (χ3n) is 5.64. The first kappa shape index (κ1) is 17.0. The number of aryl methyl sites for hydroxylation is 1. The molecule has 0 unspecified atom stereocenters. The molecule has 1 aliphatic rings. The Balaban J connectivity index is 2.12. The quantitative estimate of drug-likeness (QED) is 0.409. The van der Waals surface area contributed by atoms with Crippen molar-refractivity contribution in [2.24, 2.45) is 0 Å². The van der Waals surface area contributed by atoms with Gasteiger partial charge < -0.3 is 0 Å². The normalized spacial score (nSPS) is 12.3. The van der Waals surface area contributed by atoms with Gasteiger partial charge in [-0.05, 0) is 52.1 Å². The summed E-state index contributed by atoms with van der Waals surface area (Å²) in [4.78, 5) is 5.12. The van der Waals surface area contributed by atoms with Crippen molar-refractivity contribution in [3.05, 3.63) is 76.6 Å². The monoisotopic (exact) mass is 341 g/mol. The van der Waals surface area contributed by atoms with Gasteiger partial charge >= 0.3 is 0 Å². The van der Waals surface area contributed by atoms with Crippen LogP contribution in [-0.2, 0) is 19.3 Å². The zero-order valence-corrected chi connectivity index (χ0v) is 16.3. The van der Waals surface area contributed by atoms with Gasteiger partial charge in [0.1, 0.15) is 0 Å². The molecule has 0 saturated carbocycles. The van der Waals surface area contributed by atoms with Crippen LogP contribution in [-0.4, -0.2) is 4.98 Å². The lowest BCUT2D eigenvalue weighted by Crippen LogP contribution is -2.05. The summed E-state index contributed by atoms with van der Waals surface area (Å²) in [6.07, 6.45) is 2.97. The van der Waals surface area contributed by atoms with Crippen molar-refractivity contribution in [3.8, 4) is 22.3 Å². The number of benzene rings is 2. The molecule has 1 heterocycles. The average Bonchev–Trinajstić information content (AvgIpc) is 3.04. The Morgan fingerprint density at radius 3 is 2.23 bits per heavy atom. The highest BCUT2D eigenvalue weighted by atomic mass is 14.7. The molecule has 4 rings (SSSR count). The van der Waals surface area contributed by atoms with E-state index in [2.05, 4.69) is 76.2 Å². The van der Waals surface area contributed by atoms with E-state index in [1.807, 2.05) is 0 Å². The molecule has 0 saturated heterocycles. The molecule has 132 valence electrons. The van der Waals surface area contributed by atoms with Gasteiger partial charge in [0.05, 0.1) is 5.69 Å². The van der Waals surface area contributed by atoms with Crippen molar-refractivity contribution in [1.82, 2.24) is 4.98 Å². The molecule has 1 aliphatic carbocycles. The molecule has 0 bridgehead atoms. The second-order valence-electron chi connectivity index (χ2n) is 7.52. The van der Waals surface area contributed by atoms with Crippen molar-refractivity contribution < 1.29 is 0 Å².